The van der Waals surface area contributed by atoms with Gasteiger partial charge >= 0.3 is 0 Å². The standard InChI is InChI=1S/C20H25NO3S/c1-14(2)12-24-13-16-11-15(9-10-18(16)23-3)20(22)21-17-7-5-6-8-19(17)25-4/h5-11,14H,12-13H2,1-4H3,(H,21,22). The first kappa shape index (κ1) is 19.3. The third-order valence-electron chi connectivity index (χ3n) is 3.61. The Labute approximate surface area is 153 Å². The van der Waals surface area contributed by atoms with E-state index in [-0.39, 0.29) is 5.91 Å². The van der Waals surface area contributed by atoms with Crippen molar-refractivity contribution in [3.05, 3.63) is 53.6 Å². The van der Waals surface area contributed by atoms with Crippen LogP contribution in [0.1, 0.15) is 29.8 Å². The zero-order valence-electron chi connectivity index (χ0n) is 15.2. The molecule has 0 aromatic heterocycles. The van der Waals surface area contributed by atoms with Gasteiger partial charge in [0.2, 0.25) is 0 Å². The summed E-state index contributed by atoms with van der Waals surface area (Å²) in [7, 11) is 1.62. The molecule has 25 heavy (non-hydrogen) atoms. The highest BCUT2D eigenvalue weighted by atomic mass is 32.2. The average molecular weight is 359 g/mol. The van der Waals surface area contributed by atoms with Crippen LogP contribution in [0.2, 0.25) is 0 Å². The molecule has 1 amide bonds. The van der Waals surface area contributed by atoms with Crippen LogP contribution in [0.15, 0.2) is 47.4 Å². The van der Waals surface area contributed by atoms with Crippen LogP contribution in [0.3, 0.4) is 0 Å². The normalized spacial score (nSPS) is 10.8. The van der Waals surface area contributed by atoms with Gasteiger partial charge in [-0.05, 0) is 42.5 Å². The first-order valence-electron chi connectivity index (χ1n) is 8.24. The van der Waals surface area contributed by atoms with Crippen LogP contribution in [0, 0.1) is 5.92 Å². The number of amides is 1. The van der Waals surface area contributed by atoms with Crippen molar-refractivity contribution in [3.8, 4) is 5.75 Å². The Morgan fingerprint density at radius 1 is 1.20 bits per heavy atom. The number of thioether (sulfide) groups is 1. The van der Waals surface area contributed by atoms with Crippen LogP contribution in [0.25, 0.3) is 0 Å². The van der Waals surface area contributed by atoms with E-state index in [2.05, 4.69) is 19.2 Å². The number of methoxy groups -OCH3 is 1. The number of nitrogens with one attached hydrogen (secondary N) is 1. The van der Waals surface area contributed by atoms with E-state index in [4.69, 9.17) is 9.47 Å². The number of carbonyl (C=O) groups is 1. The molecule has 0 spiro atoms. The SMILES string of the molecule is COc1ccc(C(=O)Nc2ccccc2SC)cc1COCC(C)C. The van der Waals surface area contributed by atoms with Gasteiger partial charge in [0.1, 0.15) is 5.75 Å². The van der Waals surface area contributed by atoms with Crippen molar-refractivity contribution in [2.75, 3.05) is 25.3 Å². The summed E-state index contributed by atoms with van der Waals surface area (Å²) >= 11 is 1.60. The molecule has 5 heteroatoms. The largest absolute Gasteiger partial charge is 0.496 e. The van der Waals surface area contributed by atoms with Crippen LogP contribution in [-0.2, 0) is 11.3 Å². The molecule has 0 heterocycles. The number of hydrogen-bond donors (Lipinski definition) is 1. The fraction of sp³-hybridized carbons (Fsp3) is 0.350. The van der Waals surface area contributed by atoms with Gasteiger partial charge in [0.25, 0.3) is 5.91 Å². The van der Waals surface area contributed by atoms with Crippen LogP contribution >= 0.6 is 11.8 Å². The summed E-state index contributed by atoms with van der Waals surface area (Å²) in [6, 6.07) is 13.2. The van der Waals surface area contributed by atoms with Gasteiger partial charge in [-0.25, -0.2) is 0 Å². The fourth-order valence-electron chi connectivity index (χ4n) is 2.38. The van der Waals surface area contributed by atoms with Crippen molar-refractivity contribution in [2.24, 2.45) is 5.92 Å². The van der Waals surface area contributed by atoms with E-state index in [0.717, 1.165) is 21.9 Å². The summed E-state index contributed by atoms with van der Waals surface area (Å²) < 4.78 is 11.1. The van der Waals surface area contributed by atoms with Gasteiger partial charge in [-0.15, -0.1) is 11.8 Å². The quantitative estimate of drug-likeness (QED) is 0.685. The number of rotatable bonds is 8. The number of anilines is 1. The predicted molar refractivity (Wildman–Crippen MR) is 104 cm³/mol. The van der Waals surface area contributed by atoms with Crippen LogP contribution in [0.5, 0.6) is 5.75 Å². The maximum Gasteiger partial charge on any atom is 0.255 e. The van der Waals surface area contributed by atoms with Gasteiger partial charge in [-0.3, -0.25) is 4.79 Å². The summed E-state index contributed by atoms with van der Waals surface area (Å²) in [6.07, 6.45) is 1.99. The smallest absolute Gasteiger partial charge is 0.255 e. The summed E-state index contributed by atoms with van der Waals surface area (Å²) in [5.41, 5.74) is 2.27. The first-order chi connectivity index (χ1) is 12.0. The molecule has 1 N–H and O–H groups in total. The lowest BCUT2D eigenvalue weighted by Crippen LogP contribution is -2.13. The minimum atomic E-state index is -0.144. The van der Waals surface area contributed by atoms with Gasteiger partial charge in [-0.2, -0.15) is 0 Å². The molecule has 2 aromatic carbocycles. The molecule has 0 unspecified atom stereocenters. The molecule has 0 saturated heterocycles. The fourth-order valence-corrected chi connectivity index (χ4v) is 2.93. The van der Waals surface area contributed by atoms with E-state index >= 15 is 0 Å². The molecule has 0 bridgehead atoms. The van der Waals surface area contributed by atoms with Crippen molar-refractivity contribution < 1.29 is 14.3 Å². The van der Waals surface area contributed by atoms with Gasteiger partial charge in [0, 0.05) is 22.6 Å². The molecule has 4 nitrogen and oxygen atoms in total. The van der Waals surface area contributed by atoms with Crippen molar-refractivity contribution in [2.45, 2.75) is 25.3 Å². The summed E-state index contributed by atoms with van der Waals surface area (Å²) in [6.45, 7) is 5.29. The van der Waals surface area contributed by atoms with Crippen molar-refractivity contribution in [1.82, 2.24) is 0 Å². The number of ether oxygens (including phenoxy) is 2. The second-order valence-electron chi connectivity index (χ2n) is 6.09. The molecular weight excluding hydrogens is 334 g/mol. The lowest BCUT2D eigenvalue weighted by Gasteiger charge is -2.13. The van der Waals surface area contributed by atoms with Gasteiger partial charge < -0.3 is 14.8 Å². The summed E-state index contributed by atoms with van der Waals surface area (Å²) in [5, 5.41) is 2.98. The molecule has 134 valence electrons. The topological polar surface area (TPSA) is 47.6 Å². The number of hydrogen-bond acceptors (Lipinski definition) is 4. The lowest BCUT2D eigenvalue weighted by atomic mass is 10.1. The van der Waals surface area contributed by atoms with Crippen molar-refractivity contribution in [1.29, 1.82) is 0 Å². The highest BCUT2D eigenvalue weighted by Crippen LogP contribution is 2.26. The molecule has 0 aliphatic rings. The Bertz CT molecular complexity index is 716. The van der Waals surface area contributed by atoms with Crippen molar-refractivity contribution >= 4 is 23.4 Å². The minimum absolute atomic E-state index is 0.144. The molecule has 0 saturated carbocycles. The van der Waals surface area contributed by atoms with Crippen LogP contribution in [0.4, 0.5) is 5.69 Å². The van der Waals surface area contributed by atoms with Crippen LogP contribution in [-0.4, -0.2) is 25.9 Å². The molecular formula is C20H25NO3S. The van der Waals surface area contributed by atoms with E-state index in [1.807, 2.05) is 42.7 Å². The maximum atomic E-state index is 12.6. The zero-order valence-corrected chi connectivity index (χ0v) is 16.0. The maximum absolute atomic E-state index is 12.6. The Hall–Kier alpha value is -1.98. The first-order valence-corrected chi connectivity index (χ1v) is 9.46. The summed E-state index contributed by atoms with van der Waals surface area (Å²) in [5.74, 6) is 1.04. The highest BCUT2D eigenvalue weighted by Gasteiger charge is 2.12. The number of para-hydroxylation sites is 1. The Morgan fingerprint density at radius 2 is 1.96 bits per heavy atom. The third kappa shape index (κ3) is 5.51. The average Bonchev–Trinajstić information content (AvgIpc) is 2.61. The van der Waals surface area contributed by atoms with E-state index < -0.39 is 0 Å². The predicted octanol–water partition coefficient (Wildman–Crippen LogP) is 4.84. The third-order valence-corrected chi connectivity index (χ3v) is 4.40. The minimum Gasteiger partial charge on any atom is -0.496 e. The van der Waals surface area contributed by atoms with Gasteiger partial charge in [-0.1, -0.05) is 26.0 Å². The van der Waals surface area contributed by atoms with Crippen molar-refractivity contribution in [3.63, 3.8) is 0 Å². The zero-order chi connectivity index (χ0) is 18.2. The molecule has 2 aromatic rings. The van der Waals surface area contributed by atoms with E-state index in [1.54, 1.807) is 24.9 Å². The monoisotopic (exact) mass is 359 g/mol. The Balaban J connectivity index is 2.16. The molecule has 0 aliphatic heterocycles. The lowest BCUT2D eigenvalue weighted by molar-refractivity contribution is 0.0952. The second kappa shape index (κ2) is 9.49. The van der Waals surface area contributed by atoms with Gasteiger partial charge in [0.05, 0.1) is 19.4 Å². The van der Waals surface area contributed by atoms with E-state index in [1.165, 1.54) is 0 Å². The molecule has 0 aliphatic carbocycles. The second-order valence-corrected chi connectivity index (χ2v) is 6.94. The Kier molecular flexibility index (Phi) is 7.34. The molecule has 0 atom stereocenters. The van der Waals surface area contributed by atoms with E-state index in [9.17, 15) is 4.79 Å². The molecule has 0 radical (unpaired) electrons. The Morgan fingerprint density at radius 3 is 2.64 bits per heavy atom. The highest BCUT2D eigenvalue weighted by molar-refractivity contribution is 7.98. The molecule has 2 rings (SSSR count). The number of benzene rings is 2. The van der Waals surface area contributed by atoms with Crippen LogP contribution < -0.4 is 10.1 Å². The van der Waals surface area contributed by atoms with E-state index in [0.29, 0.717) is 24.7 Å². The van der Waals surface area contributed by atoms with Gasteiger partial charge in [0.15, 0.2) is 0 Å². The number of carbonyl (C=O) groups excluding carboxylic acids is 1. The summed E-state index contributed by atoms with van der Waals surface area (Å²) in [4.78, 5) is 13.6. The molecule has 0 fully saturated rings.